The van der Waals surface area contributed by atoms with E-state index in [1.807, 2.05) is 0 Å². The maximum Gasteiger partial charge on any atom is 0.228 e. The zero-order valence-electron chi connectivity index (χ0n) is 21.1. The minimum absolute atomic E-state index is 0.268. The van der Waals surface area contributed by atoms with Gasteiger partial charge in [-0.2, -0.15) is 4.98 Å². The first kappa shape index (κ1) is 24.7. The van der Waals surface area contributed by atoms with Crippen molar-refractivity contribution in [3.8, 4) is 16.9 Å². The van der Waals surface area contributed by atoms with Crippen LogP contribution in [0.15, 0.2) is 48.5 Å². The first-order valence-corrected chi connectivity index (χ1v) is 12.9. The molecule has 4 heterocycles. The summed E-state index contributed by atoms with van der Waals surface area (Å²) in [5.74, 6) is 0.0173. The maximum atomic E-state index is 14.2. The van der Waals surface area contributed by atoms with Gasteiger partial charge in [-0.1, -0.05) is 18.2 Å². The molecule has 38 heavy (non-hydrogen) atoms. The summed E-state index contributed by atoms with van der Waals surface area (Å²) in [4.78, 5) is 16.6. The van der Waals surface area contributed by atoms with Crippen LogP contribution in [0, 0.1) is 11.6 Å². The van der Waals surface area contributed by atoms with Crippen LogP contribution in [0.25, 0.3) is 28.0 Å². The number of rotatable bonds is 6. The largest absolute Gasteiger partial charge is 0.383 e. The van der Waals surface area contributed by atoms with Crippen molar-refractivity contribution in [1.29, 1.82) is 0 Å². The second kappa shape index (κ2) is 10.6. The highest BCUT2D eigenvalue weighted by Crippen LogP contribution is 2.34. The number of morpholine rings is 1. The van der Waals surface area contributed by atoms with Crippen LogP contribution >= 0.6 is 0 Å². The van der Waals surface area contributed by atoms with E-state index in [-0.39, 0.29) is 11.6 Å². The number of ether oxygens (including phenoxy) is 1. The first-order valence-electron chi connectivity index (χ1n) is 12.9. The average molecular weight is 521 g/mol. The molecule has 6 rings (SSSR count). The molecule has 0 radical (unpaired) electrons. The summed E-state index contributed by atoms with van der Waals surface area (Å²) < 4.78 is 35.1. The molecule has 11 heteroatoms. The molecular formula is C27H30F2N8O. The van der Waals surface area contributed by atoms with Gasteiger partial charge in [0.25, 0.3) is 0 Å². The van der Waals surface area contributed by atoms with Gasteiger partial charge >= 0.3 is 0 Å². The fourth-order valence-corrected chi connectivity index (χ4v) is 5.07. The molecule has 4 aromatic rings. The SMILES string of the molecule is Nc1c2c(-c3cccc(F)c3)nc(N3CCN(CCN4CCOCC4)CC3)nc2nn1-c1cccc(F)c1. The van der Waals surface area contributed by atoms with Crippen LogP contribution in [0.1, 0.15) is 0 Å². The summed E-state index contributed by atoms with van der Waals surface area (Å²) in [6.45, 7) is 8.94. The molecule has 2 N–H and O–H groups in total. The fourth-order valence-electron chi connectivity index (χ4n) is 5.07. The quantitative estimate of drug-likeness (QED) is 0.415. The molecule has 2 saturated heterocycles. The van der Waals surface area contributed by atoms with E-state index in [1.54, 1.807) is 24.3 Å². The van der Waals surface area contributed by atoms with Gasteiger partial charge in [-0.15, -0.1) is 5.10 Å². The first-order chi connectivity index (χ1) is 18.5. The van der Waals surface area contributed by atoms with Crippen molar-refractivity contribution in [3.63, 3.8) is 0 Å². The van der Waals surface area contributed by atoms with E-state index >= 15 is 0 Å². The molecule has 0 aliphatic carbocycles. The number of aromatic nitrogens is 4. The van der Waals surface area contributed by atoms with E-state index in [4.69, 9.17) is 20.4 Å². The number of anilines is 2. The maximum absolute atomic E-state index is 14.2. The molecule has 2 fully saturated rings. The Morgan fingerprint density at radius 1 is 0.816 bits per heavy atom. The van der Waals surface area contributed by atoms with E-state index in [0.29, 0.717) is 33.9 Å². The number of hydrogen-bond acceptors (Lipinski definition) is 8. The molecule has 2 aromatic carbocycles. The lowest BCUT2D eigenvalue weighted by Gasteiger charge is -2.36. The van der Waals surface area contributed by atoms with Gasteiger partial charge in [0.15, 0.2) is 5.65 Å². The Kier molecular flexibility index (Phi) is 6.88. The van der Waals surface area contributed by atoms with Gasteiger partial charge in [0.2, 0.25) is 5.95 Å². The Balaban J connectivity index is 1.30. The highest BCUT2D eigenvalue weighted by molar-refractivity contribution is 5.99. The molecule has 2 aromatic heterocycles. The number of fused-ring (bicyclic) bond motifs is 1. The zero-order valence-corrected chi connectivity index (χ0v) is 21.1. The van der Waals surface area contributed by atoms with E-state index in [1.165, 1.54) is 28.9 Å². The van der Waals surface area contributed by atoms with Crippen LogP contribution in [-0.4, -0.2) is 95.1 Å². The molecule has 2 aliphatic heterocycles. The summed E-state index contributed by atoms with van der Waals surface area (Å²) in [6.07, 6.45) is 0. The Morgan fingerprint density at radius 2 is 1.50 bits per heavy atom. The van der Waals surface area contributed by atoms with Crippen LogP contribution < -0.4 is 10.6 Å². The van der Waals surface area contributed by atoms with Crippen molar-refractivity contribution < 1.29 is 13.5 Å². The number of nitrogen functional groups attached to an aromatic ring is 1. The number of nitrogens with two attached hydrogens (primary N) is 1. The topological polar surface area (TPSA) is 88.6 Å². The molecule has 9 nitrogen and oxygen atoms in total. The van der Waals surface area contributed by atoms with Gasteiger partial charge < -0.3 is 15.4 Å². The summed E-state index contributed by atoms with van der Waals surface area (Å²) in [5.41, 5.74) is 8.44. The molecule has 198 valence electrons. The van der Waals surface area contributed by atoms with Gasteiger partial charge in [-0.3, -0.25) is 9.80 Å². The number of hydrogen-bond donors (Lipinski definition) is 1. The third kappa shape index (κ3) is 5.04. The smallest absolute Gasteiger partial charge is 0.228 e. The Morgan fingerprint density at radius 3 is 2.21 bits per heavy atom. The molecule has 0 spiro atoms. The lowest BCUT2D eigenvalue weighted by atomic mass is 10.1. The lowest BCUT2D eigenvalue weighted by Crippen LogP contribution is -2.49. The third-order valence-electron chi connectivity index (χ3n) is 7.20. The molecule has 2 aliphatic rings. The molecule has 0 saturated carbocycles. The molecule has 0 amide bonds. The minimum Gasteiger partial charge on any atom is -0.383 e. The Bertz CT molecular complexity index is 1430. The molecule has 0 bridgehead atoms. The lowest BCUT2D eigenvalue weighted by molar-refractivity contribution is 0.0331. The molecule has 0 unspecified atom stereocenters. The third-order valence-corrected chi connectivity index (χ3v) is 7.20. The van der Waals surface area contributed by atoms with Gasteiger partial charge in [0.1, 0.15) is 17.5 Å². The fraction of sp³-hybridized carbons (Fsp3) is 0.370. The molecular weight excluding hydrogens is 490 g/mol. The normalized spacial score (nSPS) is 17.4. The second-order valence-electron chi connectivity index (χ2n) is 9.64. The summed E-state index contributed by atoms with van der Waals surface area (Å²) in [7, 11) is 0. The summed E-state index contributed by atoms with van der Waals surface area (Å²) in [5, 5.41) is 5.12. The van der Waals surface area contributed by atoms with Gasteiger partial charge in [0.05, 0.1) is 30.0 Å². The van der Waals surface area contributed by atoms with E-state index < -0.39 is 5.82 Å². The average Bonchev–Trinajstić information content (AvgIpc) is 3.28. The monoisotopic (exact) mass is 520 g/mol. The second-order valence-corrected chi connectivity index (χ2v) is 9.64. The van der Waals surface area contributed by atoms with Crippen LogP contribution in [0.4, 0.5) is 20.5 Å². The predicted molar refractivity (Wildman–Crippen MR) is 142 cm³/mol. The van der Waals surface area contributed by atoms with E-state index in [9.17, 15) is 8.78 Å². The van der Waals surface area contributed by atoms with Gasteiger partial charge in [-0.25, -0.2) is 18.4 Å². The van der Waals surface area contributed by atoms with Gasteiger partial charge in [0, 0.05) is 57.9 Å². The number of benzene rings is 2. The minimum atomic E-state index is -0.398. The standard InChI is InChI=1S/C27H30F2N8O/c28-20-4-1-3-19(17-20)24-23-25(30)37(22-6-2-5-21(29)18-22)33-26(23)32-27(31-24)36-11-9-34(10-12-36)7-8-35-13-15-38-16-14-35/h1-6,17-18H,7-16,30H2. The summed E-state index contributed by atoms with van der Waals surface area (Å²) >= 11 is 0. The number of nitrogens with zero attached hydrogens (tertiary/aromatic N) is 7. The van der Waals surface area contributed by atoms with Crippen LogP contribution in [0.5, 0.6) is 0 Å². The Labute approximate surface area is 219 Å². The van der Waals surface area contributed by atoms with Crippen LogP contribution in [-0.2, 0) is 4.74 Å². The highest BCUT2D eigenvalue weighted by Gasteiger charge is 2.24. The van der Waals surface area contributed by atoms with Crippen LogP contribution in [0.3, 0.4) is 0 Å². The number of halogens is 2. The van der Waals surface area contributed by atoms with Crippen molar-refractivity contribution in [3.05, 3.63) is 60.2 Å². The highest BCUT2D eigenvalue weighted by atomic mass is 19.1. The zero-order chi connectivity index (χ0) is 26.1. The van der Waals surface area contributed by atoms with Crippen LogP contribution in [0.2, 0.25) is 0 Å². The number of piperazine rings is 1. The molecule has 0 atom stereocenters. The van der Waals surface area contributed by atoms with Crippen molar-refractivity contribution in [2.45, 2.75) is 0 Å². The predicted octanol–water partition coefficient (Wildman–Crippen LogP) is 2.80. The van der Waals surface area contributed by atoms with Crippen molar-refractivity contribution in [2.24, 2.45) is 0 Å². The van der Waals surface area contributed by atoms with Crippen molar-refractivity contribution in [1.82, 2.24) is 29.5 Å². The van der Waals surface area contributed by atoms with E-state index in [0.717, 1.165) is 65.6 Å². The van der Waals surface area contributed by atoms with Crippen molar-refractivity contribution >= 4 is 22.8 Å². The van der Waals surface area contributed by atoms with Gasteiger partial charge in [-0.05, 0) is 30.3 Å². The Hall–Kier alpha value is -3.67. The summed E-state index contributed by atoms with van der Waals surface area (Å²) in [6, 6.07) is 12.3. The van der Waals surface area contributed by atoms with E-state index in [2.05, 4.69) is 19.8 Å². The van der Waals surface area contributed by atoms with Crippen molar-refractivity contribution in [2.75, 3.05) is 76.2 Å².